The number of pyridine rings is 1. The summed E-state index contributed by atoms with van der Waals surface area (Å²) in [7, 11) is 0. The predicted molar refractivity (Wildman–Crippen MR) is 80.9 cm³/mol. The molecule has 2 heterocycles. The van der Waals surface area contributed by atoms with Crippen molar-refractivity contribution in [3.8, 4) is 11.5 Å². The van der Waals surface area contributed by atoms with Gasteiger partial charge in [0.2, 0.25) is 0 Å². The lowest BCUT2D eigenvalue weighted by atomic mass is 10.1. The Kier molecular flexibility index (Phi) is 4.58. The van der Waals surface area contributed by atoms with E-state index < -0.39 is 35.6 Å². The quantitative estimate of drug-likeness (QED) is 0.814. The fourth-order valence-corrected chi connectivity index (χ4v) is 2.49. The predicted octanol–water partition coefficient (Wildman–Crippen LogP) is 3.09. The van der Waals surface area contributed by atoms with Crippen LogP contribution in [-0.4, -0.2) is 41.6 Å². The Bertz CT molecular complexity index is 822. The SMILES string of the molecule is O=C(O)c1c(F)ccnc1N1CC(Oc2cccc(OC(F)(F)F)c2)C1. The minimum absolute atomic E-state index is 0.0218. The Balaban J connectivity index is 1.64. The van der Waals surface area contributed by atoms with Crippen molar-refractivity contribution in [3.63, 3.8) is 0 Å². The highest BCUT2D eigenvalue weighted by Gasteiger charge is 2.34. The zero-order valence-electron chi connectivity index (χ0n) is 13.0. The van der Waals surface area contributed by atoms with Gasteiger partial charge < -0.3 is 19.5 Å². The molecule has 1 aliphatic heterocycles. The smallest absolute Gasteiger partial charge is 0.487 e. The first-order valence-corrected chi connectivity index (χ1v) is 7.38. The first kappa shape index (κ1) is 17.8. The second-order valence-electron chi connectivity index (χ2n) is 5.46. The van der Waals surface area contributed by atoms with E-state index in [0.29, 0.717) is 0 Å². The molecule has 3 rings (SSSR count). The zero-order chi connectivity index (χ0) is 18.9. The van der Waals surface area contributed by atoms with Crippen molar-refractivity contribution in [1.29, 1.82) is 0 Å². The van der Waals surface area contributed by atoms with E-state index in [2.05, 4.69) is 9.72 Å². The summed E-state index contributed by atoms with van der Waals surface area (Å²) in [5.74, 6) is -2.60. The Morgan fingerprint density at radius 3 is 2.58 bits per heavy atom. The lowest BCUT2D eigenvalue weighted by molar-refractivity contribution is -0.274. The molecule has 0 atom stereocenters. The molecule has 0 unspecified atom stereocenters. The Hall–Kier alpha value is -3.04. The van der Waals surface area contributed by atoms with Crippen LogP contribution in [0.3, 0.4) is 0 Å². The van der Waals surface area contributed by atoms with Crippen LogP contribution in [0, 0.1) is 5.82 Å². The van der Waals surface area contributed by atoms with E-state index in [-0.39, 0.29) is 24.7 Å². The molecule has 2 aromatic rings. The van der Waals surface area contributed by atoms with Crippen LogP contribution < -0.4 is 14.4 Å². The average Bonchev–Trinajstić information content (AvgIpc) is 2.48. The van der Waals surface area contributed by atoms with Gasteiger partial charge in [-0.15, -0.1) is 13.2 Å². The highest BCUT2D eigenvalue weighted by Crippen LogP contribution is 2.30. The minimum Gasteiger partial charge on any atom is -0.487 e. The van der Waals surface area contributed by atoms with Gasteiger partial charge in [0.25, 0.3) is 0 Å². The van der Waals surface area contributed by atoms with E-state index in [4.69, 9.17) is 9.84 Å². The number of benzene rings is 1. The molecule has 0 spiro atoms. The molecule has 6 nitrogen and oxygen atoms in total. The van der Waals surface area contributed by atoms with Crippen LogP contribution in [0.1, 0.15) is 10.4 Å². The molecule has 26 heavy (non-hydrogen) atoms. The molecule has 10 heteroatoms. The Morgan fingerprint density at radius 1 is 1.23 bits per heavy atom. The summed E-state index contributed by atoms with van der Waals surface area (Å²) in [5.41, 5.74) is -0.536. The van der Waals surface area contributed by atoms with Crippen molar-refractivity contribution in [3.05, 3.63) is 47.9 Å². The lowest BCUT2D eigenvalue weighted by Crippen LogP contribution is -2.54. The number of carboxylic acids is 1. The van der Waals surface area contributed by atoms with Crippen LogP contribution in [0.15, 0.2) is 36.5 Å². The van der Waals surface area contributed by atoms with Crippen LogP contribution >= 0.6 is 0 Å². The second kappa shape index (κ2) is 6.70. The highest BCUT2D eigenvalue weighted by atomic mass is 19.4. The van der Waals surface area contributed by atoms with Crippen molar-refractivity contribution < 1.29 is 36.9 Å². The molecule has 1 aromatic heterocycles. The van der Waals surface area contributed by atoms with E-state index in [9.17, 15) is 22.4 Å². The zero-order valence-corrected chi connectivity index (χ0v) is 13.0. The van der Waals surface area contributed by atoms with Gasteiger partial charge in [-0.3, -0.25) is 0 Å². The van der Waals surface area contributed by atoms with Crippen LogP contribution in [0.25, 0.3) is 0 Å². The number of carboxylic acid groups (broad SMARTS) is 1. The molecular formula is C16H12F4N2O4. The molecule has 1 saturated heterocycles. The summed E-state index contributed by atoms with van der Waals surface area (Å²) < 4.78 is 59.7. The fraction of sp³-hybridized carbons (Fsp3) is 0.250. The molecule has 138 valence electrons. The molecule has 1 fully saturated rings. The monoisotopic (exact) mass is 372 g/mol. The Morgan fingerprint density at radius 2 is 1.92 bits per heavy atom. The summed E-state index contributed by atoms with van der Waals surface area (Å²) in [4.78, 5) is 16.6. The minimum atomic E-state index is -4.80. The van der Waals surface area contributed by atoms with Gasteiger partial charge in [-0.1, -0.05) is 6.07 Å². The number of aromatic carboxylic acids is 1. The van der Waals surface area contributed by atoms with Gasteiger partial charge in [-0.2, -0.15) is 0 Å². The van der Waals surface area contributed by atoms with Gasteiger partial charge in [0, 0.05) is 12.3 Å². The average molecular weight is 372 g/mol. The molecule has 1 aliphatic rings. The summed E-state index contributed by atoms with van der Waals surface area (Å²) in [6.45, 7) is 0.419. The topological polar surface area (TPSA) is 71.9 Å². The maximum Gasteiger partial charge on any atom is 0.573 e. The van der Waals surface area contributed by atoms with E-state index >= 15 is 0 Å². The van der Waals surface area contributed by atoms with Gasteiger partial charge in [0.05, 0.1) is 13.1 Å². The first-order chi connectivity index (χ1) is 12.2. The van der Waals surface area contributed by atoms with Gasteiger partial charge in [-0.05, 0) is 18.2 Å². The third kappa shape index (κ3) is 3.95. The van der Waals surface area contributed by atoms with Crippen LogP contribution in [-0.2, 0) is 0 Å². The number of aromatic nitrogens is 1. The maximum atomic E-state index is 13.7. The number of hydrogen-bond acceptors (Lipinski definition) is 5. The number of anilines is 1. The summed E-state index contributed by atoms with van der Waals surface area (Å²) in [6, 6.07) is 6.01. The number of hydrogen-bond donors (Lipinski definition) is 1. The third-order valence-corrected chi connectivity index (χ3v) is 3.58. The molecule has 0 bridgehead atoms. The number of rotatable bonds is 5. The summed E-state index contributed by atoms with van der Waals surface area (Å²) in [6.07, 6.45) is -4.06. The lowest BCUT2D eigenvalue weighted by Gasteiger charge is -2.40. The van der Waals surface area contributed by atoms with E-state index in [0.717, 1.165) is 24.4 Å². The maximum absolute atomic E-state index is 13.7. The molecule has 0 aliphatic carbocycles. The van der Waals surface area contributed by atoms with Crippen LogP contribution in [0.2, 0.25) is 0 Å². The molecule has 0 saturated carbocycles. The van der Waals surface area contributed by atoms with Crippen molar-refractivity contribution in [2.75, 3.05) is 18.0 Å². The normalized spacial score (nSPS) is 14.7. The molecular weight excluding hydrogens is 360 g/mol. The van der Waals surface area contributed by atoms with Crippen molar-refractivity contribution in [2.45, 2.75) is 12.5 Å². The number of ether oxygens (including phenoxy) is 2. The number of carbonyl (C=O) groups is 1. The Labute approximate surface area is 144 Å². The van der Waals surface area contributed by atoms with Gasteiger partial charge in [-0.25, -0.2) is 14.2 Å². The molecule has 0 amide bonds. The van der Waals surface area contributed by atoms with E-state index in [1.165, 1.54) is 17.0 Å². The van der Waals surface area contributed by atoms with E-state index in [1.807, 2.05) is 0 Å². The summed E-state index contributed by atoms with van der Waals surface area (Å²) in [5, 5.41) is 9.10. The number of nitrogens with zero attached hydrogens (tertiary/aromatic N) is 2. The van der Waals surface area contributed by atoms with E-state index in [1.54, 1.807) is 0 Å². The second-order valence-corrected chi connectivity index (χ2v) is 5.46. The van der Waals surface area contributed by atoms with Gasteiger partial charge >= 0.3 is 12.3 Å². The first-order valence-electron chi connectivity index (χ1n) is 7.38. The fourth-order valence-electron chi connectivity index (χ4n) is 2.49. The molecule has 1 aromatic carbocycles. The highest BCUT2D eigenvalue weighted by molar-refractivity contribution is 5.93. The van der Waals surface area contributed by atoms with Crippen LogP contribution in [0.5, 0.6) is 11.5 Å². The summed E-state index contributed by atoms with van der Waals surface area (Å²) >= 11 is 0. The van der Waals surface area contributed by atoms with Gasteiger partial charge in [0.1, 0.15) is 34.8 Å². The molecule has 1 N–H and O–H groups in total. The number of halogens is 4. The van der Waals surface area contributed by atoms with Crippen LogP contribution in [0.4, 0.5) is 23.4 Å². The number of alkyl halides is 3. The van der Waals surface area contributed by atoms with Gasteiger partial charge in [0.15, 0.2) is 0 Å². The standard InChI is InChI=1S/C16H12F4N2O4/c17-12-4-5-21-14(13(12)15(23)24)22-7-11(8-22)25-9-2-1-3-10(6-9)26-16(18,19)20/h1-6,11H,7-8H2,(H,23,24). The van der Waals surface area contributed by atoms with Crippen molar-refractivity contribution >= 4 is 11.8 Å². The van der Waals surface area contributed by atoms with Crippen molar-refractivity contribution in [1.82, 2.24) is 4.98 Å². The largest absolute Gasteiger partial charge is 0.573 e. The molecule has 0 radical (unpaired) electrons. The third-order valence-electron chi connectivity index (χ3n) is 3.58. The van der Waals surface area contributed by atoms with Crippen molar-refractivity contribution in [2.24, 2.45) is 0 Å².